The van der Waals surface area contributed by atoms with Crippen LogP contribution in [0, 0.1) is 10.1 Å². The molecule has 0 aliphatic rings. The van der Waals surface area contributed by atoms with E-state index in [0.29, 0.717) is 11.2 Å². The summed E-state index contributed by atoms with van der Waals surface area (Å²) in [7, 11) is 0. The summed E-state index contributed by atoms with van der Waals surface area (Å²) < 4.78 is 1.68. The molecule has 0 bridgehead atoms. The van der Waals surface area contributed by atoms with Crippen molar-refractivity contribution in [2.75, 3.05) is 0 Å². The van der Waals surface area contributed by atoms with Gasteiger partial charge >= 0.3 is 5.97 Å². The number of carbonyl (C=O) groups is 1. The van der Waals surface area contributed by atoms with E-state index in [4.69, 9.17) is 5.11 Å². The average Bonchev–Trinajstić information content (AvgIpc) is 2.90. The summed E-state index contributed by atoms with van der Waals surface area (Å²) in [6, 6.07) is 9.07. The third kappa shape index (κ3) is 2.18. The highest BCUT2D eigenvalue weighted by molar-refractivity contribution is 5.85. The van der Waals surface area contributed by atoms with Gasteiger partial charge in [-0.25, -0.2) is 4.79 Å². The molecule has 0 amide bonds. The monoisotopic (exact) mass is 284 g/mol. The highest BCUT2D eigenvalue weighted by atomic mass is 16.6. The second-order valence-corrected chi connectivity index (χ2v) is 4.27. The van der Waals surface area contributed by atoms with E-state index in [2.05, 4.69) is 10.2 Å². The zero-order valence-electron chi connectivity index (χ0n) is 10.5. The van der Waals surface area contributed by atoms with Gasteiger partial charge in [0.2, 0.25) is 0 Å². The summed E-state index contributed by atoms with van der Waals surface area (Å²) >= 11 is 0. The Labute approximate surface area is 117 Å². The van der Waals surface area contributed by atoms with E-state index in [1.807, 2.05) is 0 Å². The number of aromatic carboxylic acids is 1. The van der Waals surface area contributed by atoms with Crippen molar-refractivity contribution in [2.24, 2.45) is 0 Å². The SMILES string of the molecule is O=C(O)c1ccc(-n2ccc3cc([N+](=O)[O-])ccc32)nn1. The fourth-order valence-electron chi connectivity index (χ4n) is 2.01. The molecule has 0 radical (unpaired) electrons. The van der Waals surface area contributed by atoms with E-state index in [-0.39, 0.29) is 11.4 Å². The molecule has 1 N–H and O–H groups in total. The Morgan fingerprint density at radius 2 is 2.00 bits per heavy atom. The van der Waals surface area contributed by atoms with Gasteiger partial charge in [0.05, 0.1) is 10.4 Å². The Kier molecular flexibility index (Phi) is 2.83. The summed E-state index contributed by atoms with van der Waals surface area (Å²) in [5.41, 5.74) is 0.580. The molecule has 0 saturated heterocycles. The van der Waals surface area contributed by atoms with Crippen LogP contribution >= 0.6 is 0 Å². The minimum Gasteiger partial charge on any atom is -0.476 e. The fraction of sp³-hybridized carbons (Fsp3) is 0. The zero-order chi connectivity index (χ0) is 15.0. The summed E-state index contributed by atoms with van der Waals surface area (Å²) in [6.07, 6.45) is 1.69. The molecule has 0 saturated carbocycles. The lowest BCUT2D eigenvalue weighted by Gasteiger charge is -2.03. The number of aromatic nitrogens is 3. The normalized spacial score (nSPS) is 10.7. The van der Waals surface area contributed by atoms with E-state index in [1.165, 1.54) is 24.3 Å². The average molecular weight is 284 g/mol. The van der Waals surface area contributed by atoms with Crippen molar-refractivity contribution in [1.82, 2.24) is 14.8 Å². The van der Waals surface area contributed by atoms with Gasteiger partial charge in [-0.2, -0.15) is 0 Å². The minimum atomic E-state index is -1.15. The number of hydrogen-bond acceptors (Lipinski definition) is 5. The van der Waals surface area contributed by atoms with Crippen LogP contribution in [0.5, 0.6) is 0 Å². The maximum atomic E-state index is 10.7. The molecule has 0 unspecified atom stereocenters. The molecule has 0 atom stereocenters. The van der Waals surface area contributed by atoms with Gasteiger partial charge < -0.3 is 5.11 Å². The molecule has 2 aromatic heterocycles. The number of nitrogens with zero attached hydrogens (tertiary/aromatic N) is 4. The standard InChI is InChI=1S/C13H8N4O4/c18-13(19)10-2-4-12(15-14-10)16-6-5-8-7-9(17(20)21)1-3-11(8)16/h1-7H,(H,18,19). The number of rotatable bonds is 3. The van der Waals surface area contributed by atoms with Gasteiger partial charge in [0, 0.05) is 23.7 Å². The van der Waals surface area contributed by atoms with Gasteiger partial charge in [0.15, 0.2) is 11.5 Å². The van der Waals surface area contributed by atoms with Crippen LogP contribution in [-0.4, -0.2) is 30.8 Å². The molecule has 3 aromatic rings. The summed E-state index contributed by atoms with van der Waals surface area (Å²) in [4.78, 5) is 21.0. The largest absolute Gasteiger partial charge is 0.476 e. The van der Waals surface area contributed by atoms with Gasteiger partial charge in [-0.05, 0) is 24.3 Å². The van der Waals surface area contributed by atoms with Gasteiger partial charge in [-0.3, -0.25) is 14.7 Å². The Morgan fingerprint density at radius 3 is 2.62 bits per heavy atom. The van der Waals surface area contributed by atoms with Gasteiger partial charge in [0.25, 0.3) is 5.69 Å². The topological polar surface area (TPSA) is 111 Å². The predicted octanol–water partition coefficient (Wildman–Crippen LogP) is 2.03. The first-order valence-electron chi connectivity index (χ1n) is 5.89. The Balaban J connectivity index is 2.08. The molecule has 0 aliphatic heterocycles. The highest BCUT2D eigenvalue weighted by Crippen LogP contribution is 2.23. The van der Waals surface area contributed by atoms with Gasteiger partial charge in [-0.15, -0.1) is 10.2 Å². The lowest BCUT2D eigenvalue weighted by atomic mass is 10.2. The highest BCUT2D eigenvalue weighted by Gasteiger charge is 2.11. The molecule has 3 rings (SSSR count). The van der Waals surface area contributed by atoms with E-state index in [1.54, 1.807) is 22.9 Å². The van der Waals surface area contributed by atoms with Crippen LogP contribution in [0.25, 0.3) is 16.7 Å². The fourth-order valence-corrected chi connectivity index (χ4v) is 2.01. The first kappa shape index (κ1) is 12.7. The van der Waals surface area contributed by atoms with Crippen molar-refractivity contribution in [3.05, 3.63) is 58.4 Å². The first-order valence-corrected chi connectivity index (χ1v) is 5.89. The van der Waals surface area contributed by atoms with Crippen LogP contribution in [0.2, 0.25) is 0 Å². The lowest BCUT2D eigenvalue weighted by molar-refractivity contribution is -0.384. The van der Waals surface area contributed by atoms with E-state index >= 15 is 0 Å². The molecule has 21 heavy (non-hydrogen) atoms. The van der Waals surface area contributed by atoms with Crippen LogP contribution in [0.4, 0.5) is 5.69 Å². The molecule has 8 nitrogen and oxygen atoms in total. The van der Waals surface area contributed by atoms with Crippen LogP contribution in [0.15, 0.2) is 42.6 Å². The summed E-state index contributed by atoms with van der Waals surface area (Å²) in [5, 5.41) is 27.7. The third-order valence-electron chi connectivity index (χ3n) is 3.00. The molecule has 0 spiro atoms. The van der Waals surface area contributed by atoms with Crippen molar-refractivity contribution >= 4 is 22.6 Å². The second-order valence-electron chi connectivity index (χ2n) is 4.27. The molecule has 104 valence electrons. The van der Waals surface area contributed by atoms with Crippen LogP contribution in [0.1, 0.15) is 10.5 Å². The maximum Gasteiger partial charge on any atom is 0.356 e. The van der Waals surface area contributed by atoms with Gasteiger partial charge in [0.1, 0.15) is 0 Å². The van der Waals surface area contributed by atoms with Crippen molar-refractivity contribution in [3.63, 3.8) is 0 Å². The number of carboxylic acids is 1. The predicted molar refractivity (Wildman–Crippen MR) is 72.5 cm³/mol. The smallest absolute Gasteiger partial charge is 0.356 e. The molecule has 8 heteroatoms. The molecular weight excluding hydrogens is 276 g/mol. The summed E-state index contributed by atoms with van der Waals surface area (Å²) in [6.45, 7) is 0. The molecule has 0 fully saturated rings. The number of carboxylic acid groups (broad SMARTS) is 1. The number of benzene rings is 1. The molecule has 0 aliphatic carbocycles. The minimum absolute atomic E-state index is 0.00700. The van der Waals surface area contributed by atoms with Crippen LogP contribution in [-0.2, 0) is 0 Å². The van der Waals surface area contributed by atoms with Crippen molar-refractivity contribution in [3.8, 4) is 5.82 Å². The van der Waals surface area contributed by atoms with Crippen molar-refractivity contribution in [2.45, 2.75) is 0 Å². The lowest BCUT2D eigenvalue weighted by Crippen LogP contribution is -2.04. The molecular formula is C13H8N4O4. The molecule has 2 heterocycles. The number of nitro benzene ring substituents is 1. The third-order valence-corrected chi connectivity index (χ3v) is 3.00. The second kappa shape index (κ2) is 4.67. The summed E-state index contributed by atoms with van der Waals surface area (Å²) in [5.74, 6) is -0.717. The number of nitro groups is 1. The van der Waals surface area contributed by atoms with E-state index in [9.17, 15) is 14.9 Å². The Hall–Kier alpha value is -3.29. The van der Waals surface area contributed by atoms with Crippen molar-refractivity contribution < 1.29 is 14.8 Å². The maximum absolute atomic E-state index is 10.7. The number of hydrogen-bond donors (Lipinski definition) is 1. The quantitative estimate of drug-likeness (QED) is 0.581. The van der Waals surface area contributed by atoms with Crippen LogP contribution < -0.4 is 0 Å². The Morgan fingerprint density at radius 1 is 1.19 bits per heavy atom. The Bertz CT molecular complexity index is 854. The van der Waals surface area contributed by atoms with E-state index in [0.717, 1.165) is 5.52 Å². The number of fused-ring (bicyclic) bond motifs is 1. The zero-order valence-corrected chi connectivity index (χ0v) is 10.5. The number of non-ortho nitro benzene ring substituents is 1. The molecule has 1 aromatic carbocycles. The first-order chi connectivity index (χ1) is 10.1. The van der Waals surface area contributed by atoms with Gasteiger partial charge in [-0.1, -0.05) is 0 Å². The van der Waals surface area contributed by atoms with E-state index < -0.39 is 10.9 Å². The van der Waals surface area contributed by atoms with Crippen molar-refractivity contribution in [1.29, 1.82) is 0 Å². The van der Waals surface area contributed by atoms with Crippen LogP contribution in [0.3, 0.4) is 0 Å².